The van der Waals surface area contributed by atoms with Crippen LogP contribution in [0.2, 0.25) is 0 Å². The van der Waals surface area contributed by atoms with Gasteiger partial charge in [0.1, 0.15) is 10.2 Å². The summed E-state index contributed by atoms with van der Waals surface area (Å²) in [4.78, 5) is 28.1. The Morgan fingerprint density at radius 1 is 1.67 bits per heavy atom. The topological polar surface area (TPSA) is 64.0 Å². The van der Waals surface area contributed by atoms with E-state index in [0.717, 1.165) is 4.83 Å². The Kier molecular flexibility index (Phi) is 3.98. The third kappa shape index (κ3) is 2.70. The average molecular weight is 286 g/mol. The Balaban J connectivity index is 2.06. The first-order valence-electron chi connectivity index (χ1n) is 5.44. The maximum absolute atomic E-state index is 12.0. The SMILES string of the molecule is CC(Cl)C(=O)NCCn1cnc2sccc2c1=O. The zero-order valence-electron chi connectivity index (χ0n) is 9.72. The second-order valence-corrected chi connectivity index (χ2v) is 5.34. The number of carbonyl (C=O) groups is 1. The van der Waals surface area contributed by atoms with E-state index in [1.165, 1.54) is 22.2 Å². The molecule has 7 heteroatoms. The van der Waals surface area contributed by atoms with Crippen LogP contribution in [0.25, 0.3) is 10.2 Å². The Morgan fingerprint density at radius 2 is 2.44 bits per heavy atom. The summed E-state index contributed by atoms with van der Waals surface area (Å²) in [6.45, 7) is 2.34. The van der Waals surface area contributed by atoms with Gasteiger partial charge in [-0.1, -0.05) is 0 Å². The fourth-order valence-corrected chi connectivity index (χ4v) is 2.29. The molecule has 18 heavy (non-hydrogen) atoms. The highest BCUT2D eigenvalue weighted by Crippen LogP contribution is 2.12. The molecule has 2 aromatic rings. The van der Waals surface area contributed by atoms with Crippen LogP contribution in [0.4, 0.5) is 0 Å². The van der Waals surface area contributed by atoms with E-state index in [4.69, 9.17) is 11.6 Å². The number of alkyl halides is 1. The lowest BCUT2D eigenvalue weighted by Crippen LogP contribution is -2.34. The lowest BCUT2D eigenvalue weighted by Gasteiger charge is -2.08. The zero-order valence-corrected chi connectivity index (χ0v) is 11.3. The number of carbonyl (C=O) groups excluding carboxylic acids is 1. The van der Waals surface area contributed by atoms with Crippen LogP contribution in [0.1, 0.15) is 6.92 Å². The summed E-state index contributed by atoms with van der Waals surface area (Å²) in [6, 6.07) is 1.76. The van der Waals surface area contributed by atoms with Crippen LogP contribution in [-0.2, 0) is 11.3 Å². The predicted molar refractivity (Wildman–Crippen MR) is 72.2 cm³/mol. The fourth-order valence-electron chi connectivity index (χ4n) is 1.49. The van der Waals surface area contributed by atoms with Gasteiger partial charge >= 0.3 is 0 Å². The van der Waals surface area contributed by atoms with Crippen molar-refractivity contribution in [1.29, 1.82) is 0 Å². The average Bonchev–Trinajstić information content (AvgIpc) is 2.80. The second kappa shape index (κ2) is 5.49. The Hall–Kier alpha value is -1.40. The molecule has 0 bridgehead atoms. The monoisotopic (exact) mass is 285 g/mol. The first-order chi connectivity index (χ1) is 8.59. The van der Waals surface area contributed by atoms with Gasteiger partial charge in [-0.2, -0.15) is 0 Å². The molecule has 2 heterocycles. The molecule has 5 nitrogen and oxygen atoms in total. The number of nitrogens with one attached hydrogen (secondary N) is 1. The molecule has 0 spiro atoms. The van der Waals surface area contributed by atoms with Crippen LogP contribution in [0.3, 0.4) is 0 Å². The van der Waals surface area contributed by atoms with E-state index < -0.39 is 5.38 Å². The maximum atomic E-state index is 12.0. The van der Waals surface area contributed by atoms with Crippen molar-refractivity contribution in [2.24, 2.45) is 0 Å². The molecule has 1 N–H and O–H groups in total. The number of rotatable bonds is 4. The largest absolute Gasteiger partial charge is 0.353 e. The van der Waals surface area contributed by atoms with Gasteiger partial charge < -0.3 is 5.32 Å². The molecule has 0 aromatic carbocycles. The summed E-state index contributed by atoms with van der Waals surface area (Å²) in [6.07, 6.45) is 1.50. The Morgan fingerprint density at radius 3 is 3.17 bits per heavy atom. The highest BCUT2D eigenvalue weighted by atomic mass is 35.5. The van der Waals surface area contributed by atoms with E-state index >= 15 is 0 Å². The number of fused-ring (bicyclic) bond motifs is 1. The molecule has 0 aliphatic rings. The number of halogens is 1. The molecule has 1 unspecified atom stereocenters. The molecule has 0 radical (unpaired) electrons. The first kappa shape index (κ1) is 13.0. The van der Waals surface area contributed by atoms with E-state index in [9.17, 15) is 9.59 Å². The van der Waals surface area contributed by atoms with Gasteiger partial charge in [0.25, 0.3) is 5.56 Å². The molecule has 2 aromatic heterocycles. The van der Waals surface area contributed by atoms with Crippen molar-refractivity contribution in [3.05, 3.63) is 28.1 Å². The minimum atomic E-state index is -0.570. The summed E-state index contributed by atoms with van der Waals surface area (Å²) in [5.41, 5.74) is -0.0885. The molecule has 96 valence electrons. The summed E-state index contributed by atoms with van der Waals surface area (Å²) < 4.78 is 1.48. The van der Waals surface area contributed by atoms with Gasteiger partial charge in [0.15, 0.2) is 0 Å². The molecule has 1 amide bonds. The quantitative estimate of drug-likeness (QED) is 0.859. The van der Waals surface area contributed by atoms with Gasteiger partial charge in [-0.25, -0.2) is 4.98 Å². The van der Waals surface area contributed by atoms with Crippen molar-refractivity contribution >= 4 is 39.1 Å². The molecule has 0 aliphatic heterocycles. The van der Waals surface area contributed by atoms with Gasteiger partial charge in [0, 0.05) is 13.1 Å². The zero-order chi connectivity index (χ0) is 13.1. The van der Waals surface area contributed by atoms with Gasteiger partial charge in [0.2, 0.25) is 5.91 Å². The second-order valence-electron chi connectivity index (χ2n) is 3.79. The van der Waals surface area contributed by atoms with Crippen LogP contribution >= 0.6 is 22.9 Å². The Bertz CT molecular complexity index is 620. The number of nitrogens with zero attached hydrogens (tertiary/aromatic N) is 2. The standard InChI is InChI=1S/C11H12ClN3O2S/c1-7(12)9(16)13-3-4-15-6-14-10-8(11(15)17)2-5-18-10/h2,5-7H,3-4H2,1H3,(H,13,16). The van der Waals surface area contributed by atoms with Crippen molar-refractivity contribution in [1.82, 2.24) is 14.9 Å². The minimum Gasteiger partial charge on any atom is -0.353 e. The van der Waals surface area contributed by atoms with E-state index in [1.807, 2.05) is 5.38 Å². The lowest BCUT2D eigenvalue weighted by molar-refractivity contribution is -0.120. The lowest BCUT2D eigenvalue weighted by atomic mass is 10.4. The van der Waals surface area contributed by atoms with Crippen molar-refractivity contribution in [2.45, 2.75) is 18.8 Å². The van der Waals surface area contributed by atoms with Crippen LogP contribution in [0.5, 0.6) is 0 Å². The number of hydrogen-bond donors (Lipinski definition) is 1. The Labute approximate surface area is 112 Å². The minimum absolute atomic E-state index is 0.0885. The normalized spacial score (nSPS) is 12.6. The van der Waals surface area contributed by atoms with Crippen molar-refractivity contribution < 1.29 is 4.79 Å². The van der Waals surface area contributed by atoms with Crippen molar-refractivity contribution in [3.63, 3.8) is 0 Å². The van der Waals surface area contributed by atoms with Gasteiger partial charge in [-0.15, -0.1) is 22.9 Å². The molecule has 0 aliphatic carbocycles. The smallest absolute Gasteiger partial charge is 0.262 e. The summed E-state index contributed by atoms with van der Waals surface area (Å²) >= 11 is 7.04. The highest BCUT2D eigenvalue weighted by molar-refractivity contribution is 7.16. The molecule has 0 saturated heterocycles. The van der Waals surface area contributed by atoms with Crippen molar-refractivity contribution in [2.75, 3.05) is 6.54 Å². The van der Waals surface area contributed by atoms with E-state index in [2.05, 4.69) is 10.3 Å². The van der Waals surface area contributed by atoms with Crippen LogP contribution < -0.4 is 10.9 Å². The molecular formula is C11H12ClN3O2S. The number of thiophene rings is 1. The third-order valence-corrected chi connectivity index (χ3v) is 3.48. The summed E-state index contributed by atoms with van der Waals surface area (Å²) in [7, 11) is 0. The number of aromatic nitrogens is 2. The summed E-state index contributed by atoms with van der Waals surface area (Å²) in [5, 5.41) is 4.52. The predicted octanol–water partition coefficient (Wildman–Crippen LogP) is 1.20. The van der Waals surface area contributed by atoms with Crippen LogP contribution in [0.15, 0.2) is 22.6 Å². The van der Waals surface area contributed by atoms with Gasteiger partial charge in [0.05, 0.1) is 11.7 Å². The third-order valence-electron chi connectivity index (χ3n) is 2.46. The van der Waals surface area contributed by atoms with Gasteiger partial charge in [-0.3, -0.25) is 14.2 Å². The van der Waals surface area contributed by atoms with E-state index in [0.29, 0.717) is 18.5 Å². The highest BCUT2D eigenvalue weighted by Gasteiger charge is 2.08. The molecule has 2 rings (SSSR count). The summed E-state index contributed by atoms with van der Waals surface area (Å²) in [5.74, 6) is -0.241. The molecule has 0 saturated carbocycles. The van der Waals surface area contributed by atoms with E-state index in [-0.39, 0.29) is 11.5 Å². The maximum Gasteiger partial charge on any atom is 0.262 e. The number of hydrogen-bond acceptors (Lipinski definition) is 4. The van der Waals surface area contributed by atoms with Crippen LogP contribution in [0, 0.1) is 0 Å². The van der Waals surface area contributed by atoms with Crippen LogP contribution in [-0.4, -0.2) is 27.4 Å². The van der Waals surface area contributed by atoms with Crippen molar-refractivity contribution in [3.8, 4) is 0 Å². The fraction of sp³-hybridized carbons (Fsp3) is 0.364. The molecule has 0 fully saturated rings. The number of amides is 1. The van der Waals surface area contributed by atoms with Gasteiger partial charge in [-0.05, 0) is 18.4 Å². The molecule has 1 atom stereocenters. The molecular weight excluding hydrogens is 274 g/mol. The van der Waals surface area contributed by atoms with E-state index in [1.54, 1.807) is 13.0 Å². The first-order valence-corrected chi connectivity index (χ1v) is 6.75.